The smallest absolute Gasteiger partial charge is 0.321 e. The van der Waals surface area contributed by atoms with E-state index < -0.39 is 23.4 Å². The molecule has 0 aliphatic heterocycles. The molecule has 0 fully saturated rings. The van der Waals surface area contributed by atoms with Crippen molar-refractivity contribution in [2.75, 3.05) is 5.32 Å². The first-order chi connectivity index (χ1) is 16.0. The van der Waals surface area contributed by atoms with Crippen LogP contribution in [0, 0.1) is 18.3 Å². The lowest BCUT2D eigenvalue weighted by Crippen LogP contribution is -2.13. The van der Waals surface area contributed by atoms with Crippen molar-refractivity contribution in [2.45, 2.75) is 23.8 Å². The Labute approximate surface area is 199 Å². The molecule has 0 aliphatic rings. The van der Waals surface area contributed by atoms with Crippen LogP contribution in [0.25, 0.3) is 11.8 Å². The summed E-state index contributed by atoms with van der Waals surface area (Å²) < 4.78 is 65.0. The lowest BCUT2D eigenvalue weighted by atomic mass is 10.1. The zero-order valence-electron chi connectivity index (χ0n) is 17.2. The number of halogens is 6. The molecule has 0 aliphatic carbocycles. The van der Waals surface area contributed by atoms with Crippen molar-refractivity contribution < 1.29 is 26.7 Å². The van der Waals surface area contributed by atoms with Gasteiger partial charge in [0.15, 0.2) is 0 Å². The fraction of sp³-hybridized carbons (Fsp3) is 0.136. The van der Waals surface area contributed by atoms with Gasteiger partial charge in [-0.05, 0) is 55.5 Å². The number of alkyl halides is 5. The summed E-state index contributed by atoms with van der Waals surface area (Å²) in [6.45, 7) is 1.52. The number of carbonyl (C=O) groups excluding carboxylic acids is 1. The van der Waals surface area contributed by atoms with Crippen molar-refractivity contribution >= 4 is 41.0 Å². The monoisotopic (exact) mass is 512 g/mol. The maximum atomic E-state index is 13.0. The van der Waals surface area contributed by atoms with E-state index in [-0.39, 0.29) is 33.4 Å². The maximum Gasteiger partial charge on any atom is 0.416 e. The van der Waals surface area contributed by atoms with Gasteiger partial charge in [-0.2, -0.15) is 32.3 Å². The van der Waals surface area contributed by atoms with Crippen molar-refractivity contribution in [1.29, 1.82) is 5.26 Å². The number of thioether (sulfide) groups is 1. The minimum Gasteiger partial charge on any atom is -0.321 e. The number of anilines is 1. The molecule has 0 spiro atoms. The number of rotatable bonds is 6. The molecule has 5 nitrogen and oxygen atoms in total. The minimum atomic E-state index is -4.56. The Morgan fingerprint density at radius 3 is 2.50 bits per heavy atom. The highest BCUT2D eigenvalue weighted by atomic mass is 35.5. The molecule has 12 heteroatoms. The van der Waals surface area contributed by atoms with Crippen molar-refractivity contribution in [3.05, 3.63) is 76.1 Å². The van der Waals surface area contributed by atoms with E-state index >= 15 is 0 Å². The predicted molar refractivity (Wildman–Crippen MR) is 119 cm³/mol. The lowest BCUT2D eigenvalue weighted by molar-refractivity contribution is -0.137. The van der Waals surface area contributed by atoms with Gasteiger partial charge in [0.05, 0.1) is 16.9 Å². The van der Waals surface area contributed by atoms with Gasteiger partial charge in [-0.1, -0.05) is 29.4 Å². The number of carbonyl (C=O) groups is 1. The van der Waals surface area contributed by atoms with E-state index in [1.165, 1.54) is 49.4 Å². The summed E-state index contributed by atoms with van der Waals surface area (Å²) in [5.41, 5.74) is -0.466. The summed E-state index contributed by atoms with van der Waals surface area (Å²) in [5, 5.41) is 16.0. The first kappa shape index (κ1) is 25.3. The highest BCUT2D eigenvalue weighted by Gasteiger charge is 2.31. The Morgan fingerprint density at radius 2 is 1.91 bits per heavy atom. The number of aromatic nitrogens is 2. The summed E-state index contributed by atoms with van der Waals surface area (Å²) >= 11 is 6.67. The quantitative estimate of drug-likeness (QED) is 0.172. The normalized spacial score (nSPS) is 12.0. The molecule has 1 amide bonds. The molecule has 3 aromatic rings. The van der Waals surface area contributed by atoms with Gasteiger partial charge in [-0.25, -0.2) is 4.68 Å². The van der Waals surface area contributed by atoms with E-state index in [1.54, 1.807) is 6.07 Å². The standard InChI is InChI=1S/C22H14ClF5N4OS/c1-12-18(19(23)32(31-12)16-4-2-3-14(10-16)22(26,27)28)9-13(11-29)20(33)30-15-5-7-17(8-6-15)34-21(24)25/h2-10,21H,1H3,(H,30,33)/b13-9+. The topological polar surface area (TPSA) is 70.7 Å². The van der Waals surface area contributed by atoms with Crippen LogP contribution < -0.4 is 5.32 Å². The molecular weight excluding hydrogens is 499 g/mol. The minimum absolute atomic E-state index is 0.0484. The molecule has 0 unspecified atom stereocenters. The molecule has 34 heavy (non-hydrogen) atoms. The summed E-state index contributed by atoms with van der Waals surface area (Å²) in [5.74, 6) is -3.38. The van der Waals surface area contributed by atoms with Gasteiger partial charge in [0.2, 0.25) is 0 Å². The molecule has 0 saturated heterocycles. The second kappa shape index (κ2) is 10.3. The summed E-state index contributed by atoms with van der Waals surface area (Å²) in [6.07, 6.45) is -3.39. The number of hydrogen-bond donors (Lipinski definition) is 1. The van der Waals surface area contributed by atoms with Crippen LogP contribution in [-0.4, -0.2) is 21.4 Å². The highest BCUT2D eigenvalue weighted by molar-refractivity contribution is 7.99. The number of nitrogens with one attached hydrogen (secondary N) is 1. The van der Waals surface area contributed by atoms with Crippen LogP contribution in [0.15, 0.2) is 59.0 Å². The Morgan fingerprint density at radius 1 is 1.24 bits per heavy atom. The van der Waals surface area contributed by atoms with Crippen molar-refractivity contribution in [3.63, 3.8) is 0 Å². The molecule has 0 atom stereocenters. The average molecular weight is 513 g/mol. The van der Waals surface area contributed by atoms with Crippen molar-refractivity contribution in [1.82, 2.24) is 9.78 Å². The van der Waals surface area contributed by atoms with E-state index in [0.29, 0.717) is 16.7 Å². The fourth-order valence-corrected chi connectivity index (χ4v) is 3.70. The van der Waals surface area contributed by atoms with E-state index in [9.17, 15) is 32.0 Å². The molecular formula is C22H14ClF5N4OS. The van der Waals surface area contributed by atoms with Gasteiger partial charge < -0.3 is 5.32 Å². The van der Waals surface area contributed by atoms with Crippen LogP contribution in [0.2, 0.25) is 5.15 Å². The lowest BCUT2D eigenvalue weighted by Gasteiger charge is -2.09. The first-order valence-corrected chi connectivity index (χ1v) is 10.7. The second-order valence-corrected chi connectivity index (χ2v) is 8.20. The van der Waals surface area contributed by atoms with E-state index in [4.69, 9.17) is 11.6 Å². The number of nitriles is 1. The van der Waals surface area contributed by atoms with Crippen molar-refractivity contribution in [2.24, 2.45) is 0 Å². The van der Waals surface area contributed by atoms with Gasteiger partial charge in [0.1, 0.15) is 16.8 Å². The zero-order chi connectivity index (χ0) is 25.0. The first-order valence-electron chi connectivity index (χ1n) is 9.40. The molecule has 1 heterocycles. The second-order valence-electron chi connectivity index (χ2n) is 6.78. The molecule has 176 valence electrons. The SMILES string of the molecule is Cc1nn(-c2cccc(C(F)(F)F)c2)c(Cl)c1/C=C(\C#N)C(=O)Nc1ccc(SC(F)F)cc1. The molecule has 0 bridgehead atoms. The van der Waals surface area contributed by atoms with Crippen LogP contribution in [-0.2, 0) is 11.0 Å². The Kier molecular flexibility index (Phi) is 7.64. The molecule has 1 aromatic heterocycles. The van der Waals surface area contributed by atoms with Crippen LogP contribution >= 0.6 is 23.4 Å². The number of amides is 1. The predicted octanol–water partition coefficient (Wildman–Crippen LogP) is 6.71. The zero-order valence-corrected chi connectivity index (χ0v) is 18.8. The van der Waals surface area contributed by atoms with Crippen LogP contribution in [0.5, 0.6) is 0 Å². The number of aryl methyl sites for hydroxylation is 1. The molecule has 0 saturated carbocycles. The van der Waals surface area contributed by atoms with Crippen LogP contribution in [0.1, 0.15) is 16.8 Å². The van der Waals surface area contributed by atoms with E-state index in [1.807, 2.05) is 0 Å². The molecule has 0 radical (unpaired) electrons. The van der Waals surface area contributed by atoms with E-state index in [0.717, 1.165) is 16.8 Å². The summed E-state index contributed by atoms with van der Waals surface area (Å²) in [4.78, 5) is 12.8. The number of nitrogens with zero attached hydrogens (tertiary/aromatic N) is 3. The summed E-state index contributed by atoms with van der Waals surface area (Å²) in [7, 11) is 0. The largest absolute Gasteiger partial charge is 0.416 e. The van der Waals surface area contributed by atoms with Gasteiger partial charge in [-0.15, -0.1) is 0 Å². The molecule has 1 N–H and O–H groups in total. The van der Waals surface area contributed by atoms with Crippen LogP contribution in [0.3, 0.4) is 0 Å². The van der Waals surface area contributed by atoms with Crippen LogP contribution in [0.4, 0.5) is 27.6 Å². The third kappa shape index (κ3) is 5.95. The average Bonchev–Trinajstić information content (AvgIpc) is 3.05. The fourth-order valence-electron chi connectivity index (χ4n) is 2.87. The third-order valence-electron chi connectivity index (χ3n) is 4.46. The Hall–Kier alpha value is -3.36. The van der Waals surface area contributed by atoms with Gasteiger partial charge in [0, 0.05) is 16.1 Å². The van der Waals surface area contributed by atoms with E-state index in [2.05, 4.69) is 10.4 Å². The number of benzene rings is 2. The molecule has 2 aromatic carbocycles. The van der Waals surface area contributed by atoms with Gasteiger partial charge in [0.25, 0.3) is 11.7 Å². The summed E-state index contributed by atoms with van der Waals surface area (Å²) in [6, 6.07) is 11.7. The maximum absolute atomic E-state index is 13.0. The highest BCUT2D eigenvalue weighted by Crippen LogP contribution is 2.32. The Bertz CT molecular complexity index is 1280. The Balaban J connectivity index is 1.87. The molecule has 3 rings (SSSR count). The van der Waals surface area contributed by atoms with Crippen molar-refractivity contribution in [3.8, 4) is 11.8 Å². The third-order valence-corrected chi connectivity index (χ3v) is 5.54. The van der Waals surface area contributed by atoms with Gasteiger partial charge >= 0.3 is 6.18 Å². The van der Waals surface area contributed by atoms with Gasteiger partial charge in [-0.3, -0.25) is 4.79 Å². The number of hydrogen-bond acceptors (Lipinski definition) is 4.